The average molecular weight is 213 g/mol. The predicted molar refractivity (Wildman–Crippen MR) is 61.0 cm³/mol. The number of nitrogens with zero attached hydrogens (tertiary/aromatic N) is 2. The minimum Gasteiger partial charge on any atom is -0.395 e. The van der Waals surface area contributed by atoms with Crippen molar-refractivity contribution >= 4 is 0 Å². The van der Waals surface area contributed by atoms with E-state index < -0.39 is 0 Å². The molecule has 0 radical (unpaired) electrons. The van der Waals surface area contributed by atoms with Gasteiger partial charge in [-0.15, -0.1) is 0 Å². The SMILES string of the molecule is CN1CCN(CC(CO)NC2CC2)CC1. The van der Waals surface area contributed by atoms with Crippen LogP contribution in [0.4, 0.5) is 0 Å². The third-order valence-electron chi connectivity index (χ3n) is 3.34. The number of nitrogens with one attached hydrogen (secondary N) is 1. The fourth-order valence-electron chi connectivity index (χ4n) is 2.09. The summed E-state index contributed by atoms with van der Waals surface area (Å²) < 4.78 is 0. The van der Waals surface area contributed by atoms with E-state index in [0.29, 0.717) is 6.04 Å². The van der Waals surface area contributed by atoms with Crippen molar-refractivity contribution in [3.05, 3.63) is 0 Å². The molecule has 2 aliphatic rings. The largest absolute Gasteiger partial charge is 0.395 e. The lowest BCUT2D eigenvalue weighted by Crippen LogP contribution is -2.51. The molecular formula is C11H23N3O. The van der Waals surface area contributed by atoms with Gasteiger partial charge in [0.05, 0.1) is 6.61 Å². The molecule has 0 spiro atoms. The molecule has 2 rings (SSSR count). The number of hydrogen-bond donors (Lipinski definition) is 2. The van der Waals surface area contributed by atoms with Gasteiger partial charge in [0, 0.05) is 44.8 Å². The first kappa shape index (κ1) is 11.3. The van der Waals surface area contributed by atoms with Crippen LogP contribution in [0.5, 0.6) is 0 Å². The lowest BCUT2D eigenvalue weighted by atomic mass is 10.2. The number of piperazine rings is 1. The van der Waals surface area contributed by atoms with Crippen molar-refractivity contribution in [2.24, 2.45) is 0 Å². The van der Waals surface area contributed by atoms with Gasteiger partial charge in [-0.25, -0.2) is 0 Å². The van der Waals surface area contributed by atoms with E-state index >= 15 is 0 Å². The fourth-order valence-corrected chi connectivity index (χ4v) is 2.09. The Morgan fingerprint density at radius 2 is 1.93 bits per heavy atom. The molecule has 1 aliphatic carbocycles. The number of rotatable bonds is 5. The maximum Gasteiger partial charge on any atom is 0.0597 e. The van der Waals surface area contributed by atoms with E-state index in [2.05, 4.69) is 22.2 Å². The lowest BCUT2D eigenvalue weighted by molar-refractivity contribution is 0.124. The Morgan fingerprint density at radius 1 is 1.27 bits per heavy atom. The van der Waals surface area contributed by atoms with E-state index in [1.807, 2.05) is 0 Å². The molecule has 0 aromatic heterocycles. The fraction of sp³-hybridized carbons (Fsp3) is 1.00. The maximum absolute atomic E-state index is 9.29. The Morgan fingerprint density at radius 3 is 2.47 bits per heavy atom. The van der Waals surface area contributed by atoms with Crippen LogP contribution >= 0.6 is 0 Å². The van der Waals surface area contributed by atoms with Gasteiger partial charge in [0.25, 0.3) is 0 Å². The second-order valence-corrected chi connectivity index (χ2v) is 4.92. The molecule has 1 saturated carbocycles. The van der Waals surface area contributed by atoms with Crippen LogP contribution in [0.2, 0.25) is 0 Å². The van der Waals surface area contributed by atoms with Crippen molar-refractivity contribution in [3.63, 3.8) is 0 Å². The number of aliphatic hydroxyl groups excluding tert-OH is 1. The van der Waals surface area contributed by atoms with Gasteiger partial charge in [0.2, 0.25) is 0 Å². The summed E-state index contributed by atoms with van der Waals surface area (Å²) in [6, 6.07) is 0.968. The summed E-state index contributed by atoms with van der Waals surface area (Å²) in [5.74, 6) is 0. The van der Waals surface area contributed by atoms with Crippen LogP contribution < -0.4 is 5.32 Å². The molecule has 15 heavy (non-hydrogen) atoms. The molecule has 2 N–H and O–H groups in total. The summed E-state index contributed by atoms with van der Waals surface area (Å²) in [5.41, 5.74) is 0. The first-order chi connectivity index (χ1) is 7.28. The summed E-state index contributed by atoms with van der Waals surface area (Å²) in [4.78, 5) is 4.81. The van der Waals surface area contributed by atoms with Crippen molar-refractivity contribution in [2.75, 3.05) is 46.4 Å². The number of aliphatic hydroxyl groups is 1. The maximum atomic E-state index is 9.29. The van der Waals surface area contributed by atoms with E-state index in [4.69, 9.17) is 0 Å². The highest BCUT2D eigenvalue weighted by molar-refractivity contribution is 4.86. The van der Waals surface area contributed by atoms with Gasteiger partial charge < -0.3 is 15.3 Å². The molecule has 4 heteroatoms. The van der Waals surface area contributed by atoms with Gasteiger partial charge in [-0.05, 0) is 19.9 Å². The smallest absolute Gasteiger partial charge is 0.0597 e. The summed E-state index contributed by atoms with van der Waals surface area (Å²) in [7, 11) is 2.17. The lowest BCUT2D eigenvalue weighted by Gasteiger charge is -2.34. The first-order valence-electron chi connectivity index (χ1n) is 6.05. The van der Waals surface area contributed by atoms with E-state index in [-0.39, 0.29) is 12.6 Å². The van der Waals surface area contributed by atoms with Crippen molar-refractivity contribution < 1.29 is 5.11 Å². The monoisotopic (exact) mass is 213 g/mol. The molecule has 2 fully saturated rings. The van der Waals surface area contributed by atoms with Crippen molar-refractivity contribution in [1.82, 2.24) is 15.1 Å². The Balaban J connectivity index is 1.68. The van der Waals surface area contributed by atoms with Gasteiger partial charge in [-0.3, -0.25) is 4.90 Å². The molecule has 1 unspecified atom stereocenters. The summed E-state index contributed by atoms with van der Waals surface area (Å²) in [6.07, 6.45) is 2.58. The summed E-state index contributed by atoms with van der Waals surface area (Å²) >= 11 is 0. The van der Waals surface area contributed by atoms with E-state index in [1.165, 1.54) is 12.8 Å². The van der Waals surface area contributed by atoms with Gasteiger partial charge in [0.1, 0.15) is 0 Å². The Bertz CT molecular complexity index is 188. The summed E-state index contributed by atoms with van der Waals surface area (Å²) in [6.45, 7) is 5.85. The number of likely N-dealkylation sites (N-methyl/N-ethyl adjacent to an activating group) is 1. The molecule has 0 amide bonds. The normalized spacial score (nSPS) is 26.8. The molecule has 1 atom stereocenters. The quantitative estimate of drug-likeness (QED) is 0.636. The zero-order valence-corrected chi connectivity index (χ0v) is 9.65. The average Bonchev–Trinajstić information content (AvgIpc) is 3.04. The van der Waals surface area contributed by atoms with Gasteiger partial charge in [-0.2, -0.15) is 0 Å². The van der Waals surface area contributed by atoms with Crippen LogP contribution in [-0.4, -0.2) is 73.4 Å². The van der Waals surface area contributed by atoms with Crippen LogP contribution in [0.3, 0.4) is 0 Å². The van der Waals surface area contributed by atoms with Crippen molar-refractivity contribution in [3.8, 4) is 0 Å². The second kappa shape index (κ2) is 5.25. The van der Waals surface area contributed by atoms with Crippen LogP contribution in [-0.2, 0) is 0 Å². The van der Waals surface area contributed by atoms with Gasteiger partial charge >= 0.3 is 0 Å². The Kier molecular flexibility index (Phi) is 3.97. The number of hydrogen-bond acceptors (Lipinski definition) is 4. The molecule has 0 aromatic rings. The molecule has 1 saturated heterocycles. The molecule has 1 heterocycles. The highest BCUT2D eigenvalue weighted by Gasteiger charge is 2.25. The minimum absolute atomic E-state index is 0.267. The van der Waals surface area contributed by atoms with E-state index in [0.717, 1.165) is 32.7 Å². The topological polar surface area (TPSA) is 38.7 Å². The molecule has 0 aromatic carbocycles. The highest BCUT2D eigenvalue weighted by Crippen LogP contribution is 2.19. The first-order valence-corrected chi connectivity index (χ1v) is 6.05. The van der Waals surface area contributed by atoms with Crippen molar-refractivity contribution in [1.29, 1.82) is 0 Å². The molecule has 88 valence electrons. The zero-order valence-electron chi connectivity index (χ0n) is 9.65. The summed E-state index contributed by atoms with van der Waals surface area (Å²) in [5, 5.41) is 12.8. The molecule has 1 aliphatic heterocycles. The van der Waals surface area contributed by atoms with Gasteiger partial charge in [0.15, 0.2) is 0 Å². The Hall–Kier alpha value is -0.160. The second-order valence-electron chi connectivity index (χ2n) is 4.92. The molecule has 0 bridgehead atoms. The van der Waals surface area contributed by atoms with E-state index in [1.54, 1.807) is 0 Å². The molecule has 4 nitrogen and oxygen atoms in total. The third kappa shape index (κ3) is 3.72. The Labute approximate surface area is 92.2 Å². The van der Waals surface area contributed by atoms with Crippen LogP contribution in [0.15, 0.2) is 0 Å². The minimum atomic E-state index is 0.267. The van der Waals surface area contributed by atoms with Gasteiger partial charge in [-0.1, -0.05) is 0 Å². The standard InChI is InChI=1S/C11H23N3O/c1-13-4-6-14(7-5-13)8-11(9-15)12-10-2-3-10/h10-12,15H,2-9H2,1H3. The predicted octanol–water partition coefficient (Wildman–Crippen LogP) is -0.653. The third-order valence-corrected chi connectivity index (χ3v) is 3.34. The van der Waals surface area contributed by atoms with E-state index in [9.17, 15) is 5.11 Å². The zero-order chi connectivity index (χ0) is 10.7. The van der Waals surface area contributed by atoms with Crippen molar-refractivity contribution in [2.45, 2.75) is 24.9 Å². The van der Waals surface area contributed by atoms with Crippen LogP contribution in [0.25, 0.3) is 0 Å². The molecular weight excluding hydrogens is 190 g/mol. The van der Waals surface area contributed by atoms with Crippen LogP contribution in [0.1, 0.15) is 12.8 Å². The van der Waals surface area contributed by atoms with Crippen LogP contribution in [0, 0.1) is 0 Å². The highest BCUT2D eigenvalue weighted by atomic mass is 16.3.